The van der Waals surface area contributed by atoms with Gasteiger partial charge in [0.25, 0.3) is 0 Å². The van der Waals surface area contributed by atoms with E-state index in [0.717, 1.165) is 5.56 Å². The number of hydrogen-bond donors (Lipinski definition) is 1. The van der Waals surface area contributed by atoms with Gasteiger partial charge >= 0.3 is 6.36 Å². The smallest absolute Gasteiger partial charge is 0.493 e. The van der Waals surface area contributed by atoms with Gasteiger partial charge in [-0.3, -0.25) is 0 Å². The molecule has 7 heteroatoms. The van der Waals surface area contributed by atoms with Gasteiger partial charge in [0.2, 0.25) is 0 Å². The second-order valence-electron chi connectivity index (χ2n) is 4.71. The maximum Gasteiger partial charge on any atom is 0.573 e. The van der Waals surface area contributed by atoms with Crippen LogP contribution < -0.4 is 19.9 Å². The Balaban J connectivity index is 2.21. The third kappa shape index (κ3) is 4.29. The molecule has 2 aromatic rings. The number of benzene rings is 2. The van der Waals surface area contributed by atoms with E-state index >= 15 is 0 Å². The van der Waals surface area contributed by atoms with Crippen molar-refractivity contribution >= 4 is 0 Å². The molecule has 0 heterocycles. The molecule has 0 aliphatic heterocycles. The Morgan fingerprint density at radius 1 is 0.870 bits per heavy atom. The van der Waals surface area contributed by atoms with Gasteiger partial charge in [0.15, 0.2) is 11.5 Å². The number of halogens is 3. The molecular formula is C16H16F3NO3. The lowest BCUT2D eigenvalue weighted by Crippen LogP contribution is -2.17. The van der Waals surface area contributed by atoms with Crippen molar-refractivity contribution in [2.24, 2.45) is 5.73 Å². The Labute approximate surface area is 131 Å². The highest BCUT2D eigenvalue weighted by Crippen LogP contribution is 2.32. The largest absolute Gasteiger partial charge is 0.573 e. The predicted octanol–water partition coefficient (Wildman–Crippen LogP) is 3.65. The van der Waals surface area contributed by atoms with Crippen LogP contribution in [0.1, 0.15) is 17.2 Å². The fraction of sp³-hybridized carbons (Fsp3) is 0.250. The summed E-state index contributed by atoms with van der Waals surface area (Å²) < 4.78 is 50.6. The van der Waals surface area contributed by atoms with Crippen LogP contribution in [0.25, 0.3) is 0 Å². The van der Waals surface area contributed by atoms with Crippen molar-refractivity contribution in [1.29, 1.82) is 0 Å². The first-order chi connectivity index (χ1) is 10.8. The molecule has 124 valence electrons. The number of rotatable bonds is 5. The summed E-state index contributed by atoms with van der Waals surface area (Å²) in [5, 5.41) is 0. The maximum atomic E-state index is 12.1. The summed E-state index contributed by atoms with van der Waals surface area (Å²) >= 11 is 0. The van der Waals surface area contributed by atoms with Crippen LogP contribution in [0.3, 0.4) is 0 Å². The Morgan fingerprint density at radius 2 is 1.43 bits per heavy atom. The van der Waals surface area contributed by atoms with Crippen LogP contribution in [-0.4, -0.2) is 20.6 Å². The number of hydrogen-bond acceptors (Lipinski definition) is 4. The highest BCUT2D eigenvalue weighted by atomic mass is 19.4. The molecule has 0 aliphatic rings. The van der Waals surface area contributed by atoms with Gasteiger partial charge < -0.3 is 19.9 Å². The van der Waals surface area contributed by atoms with E-state index in [2.05, 4.69) is 4.74 Å². The van der Waals surface area contributed by atoms with Crippen LogP contribution in [0.5, 0.6) is 17.2 Å². The van der Waals surface area contributed by atoms with Gasteiger partial charge in [-0.15, -0.1) is 13.2 Å². The van der Waals surface area contributed by atoms with E-state index in [1.54, 1.807) is 18.2 Å². The van der Waals surface area contributed by atoms with E-state index < -0.39 is 12.4 Å². The summed E-state index contributed by atoms with van der Waals surface area (Å²) in [6.45, 7) is 0. The van der Waals surface area contributed by atoms with Gasteiger partial charge in [0.05, 0.1) is 20.3 Å². The number of alkyl halides is 3. The highest BCUT2D eigenvalue weighted by molar-refractivity contribution is 5.46. The molecule has 23 heavy (non-hydrogen) atoms. The molecular weight excluding hydrogens is 311 g/mol. The number of ether oxygens (including phenoxy) is 3. The van der Waals surface area contributed by atoms with Crippen molar-refractivity contribution in [3.05, 3.63) is 53.6 Å². The van der Waals surface area contributed by atoms with E-state index in [1.165, 1.54) is 38.5 Å². The van der Waals surface area contributed by atoms with Crippen LogP contribution in [0.15, 0.2) is 42.5 Å². The van der Waals surface area contributed by atoms with Gasteiger partial charge in [-0.05, 0) is 35.4 Å². The van der Waals surface area contributed by atoms with Crippen LogP contribution in [0.4, 0.5) is 13.2 Å². The summed E-state index contributed by atoms with van der Waals surface area (Å²) in [7, 11) is 3.03. The fourth-order valence-electron chi connectivity index (χ4n) is 2.12. The average Bonchev–Trinajstić information content (AvgIpc) is 2.52. The van der Waals surface area contributed by atoms with Crippen molar-refractivity contribution in [2.45, 2.75) is 12.4 Å². The Morgan fingerprint density at radius 3 is 1.96 bits per heavy atom. The zero-order valence-electron chi connectivity index (χ0n) is 12.6. The predicted molar refractivity (Wildman–Crippen MR) is 78.7 cm³/mol. The van der Waals surface area contributed by atoms with E-state index in [1.807, 2.05) is 0 Å². The van der Waals surface area contributed by atoms with Crippen molar-refractivity contribution < 1.29 is 27.4 Å². The Hall–Kier alpha value is -2.41. The summed E-state index contributed by atoms with van der Waals surface area (Å²) in [5.74, 6) is 0.801. The summed E-state index contributed by atoms with van der Waals surface area (Å²) in [4.78, 5) is 0. The van der Waals surface area contributed by atoms with Gasteiger partial charge in [-0.25, -0.2) is 0 Å². The number of methoxy groups -OCH3 is 2. The molecule has 0 bridgehead atoms. The number of nitrogens with two attached hydrogens (primary N) is 1. The van der Waals surface area contributed by atoms with Gasteiger partial charge in [-0.1, -0.05) is 18.2 Å². The molecule has 0 radical (unpaired) electrons. The zero-order valence-corrected chi connectivity index (χ0v) is 12.6. The molecule has 0 amide bonds. The SMILES string of the molecule is COc1ccc([C@H](N)c2ccc(OC(F)(F)F)cc2)cc1OC. The topological polar surface area (TPSA) is 53.7 Å². The van der Waals surface area contributed by atoms with Crippen molar-refractivity contribution in [3.8, 4) is 17.2 Å². The van der Waals surface area contributed by atoms with Crippen LogP contribution in [0, 0.1) is 0 Å². The molecule has 1 atom stereocenters. The lowest BCUT2D eigenvalue weighted by atomic mass is 9.99. The standard InChI is InChI=1S/C16H16F3NO3/c1-21-13-8-5-11(9-14(13)22-2)15(20)10-3-6-12(7-4-10)23-16(17,18)19/h3-9,15H,20H2,1-2H3/t15-/m1/s1. The molecule has 0 aliphatic carbocycles. The van der Waals surface area contributed by atoms with Gasteiger partial charge in [-0.2, -0.15) is 0 Å². The van der Waals surface area contributed by atoms with Crippen LogP contribution in [-0.2, 0) is 0 Å². The monoisotopic (exact) mass is 327 g/mol. The molecule has 0 saturated carbocycles. The van der Waals surface area contributed by atoms with Crippen LogP contribution in [0.2, 0.25) is 0 Å². The third-order valence-electron chi connectivity index (χ3n) is 3.24. The summed E-state index contributed by atoms with van der Waals surface area (Å²) in [6, 6.07) is 10.1. The van der Waals surface area contributed by atoms with Crippen molar-refractivity contribution in [1.82, 2.24) is 0 Å². The molecule has 0 spiro atoms. The first kappa shape index (κ1) is 17.0. The van der Waals surface area contributed by atoms with Crippen molar-refractivity contribution in [3.63, 3.8) is 0 Å². The second-order valence-corrected chi connectivity index (χ2v) is 4.71. The van der Waals surface area contributed by atoms with E-state index in [0.29, 0.717) is 17.1 Å². The molecule has 2 rings (SSSR count). The molecule has 0 fully saturated rings. The Kier molecular flexibility index (Phi) is 5.00. The minimum atomic E-state index is -4.72. The third-order valence-corrected chi connectivity index (χ3v) is 3.24. The molecule has 2 N–H and O–H groups in total. The summed E-state index contributed by atoms with van der Waals surface area (Å²) in [5.41, 5.74) is 7.54. The normalized spacial score (nSPS) is 12.6. The quantitative estimate of drug-likeness (QED) is 0.911. The molecule has 4 nitrogen and oxygen atoms in total. The fourth-order valence-corrected chi connectivity index (χ4v) is 2.12. The lowest BCUT2D eigenvalue weighted by Gasteiger charge is -2.16. The summed E-state index contributed by atoms with van der Waals surface area (Å²) in [6.07, 6.45) is -4.72. The van der Waals surface area contributed by atoms with E-state index in [-0.39, 0.29) is 5.75 Å². The molecule has 2 aromatic carbocycles. The van der Waals surface area contributed by atoms with E-state index in [4.69, 9.17) is 15.2 Å². The highest BCUT2D eigenvalue weighted by Gasteiger charge is 2.31. The second kappa shape index (κ2) is 6.78. The first-order valence-electron chi connectivity index (χ1n) is 6.67. The molecule has 0 unspecified atom stereocenters. The van der Waals surface area contributed by atoms with Crippen molar-refractivity contribution in [2.75, 3.05) is 14.2 Å². The Bertz CT molecular complexity index is 657. The van der Waals surface area contributed by atoms with Crippen LogP contribution >= 0.6 is 0 Å². The van der Waals surface area contributed by atoms with Gasteiger partial charge in [0, 0.05) is 0 Å². The molecule has 0 saturated heterocycles. The molecule has 0 aromatic heterocycles. The maximum absolute atomic E-state index is 12.1. The lowest BCUT2D eigenvalue weighted by molar-refractivity contribution is -0.274. The minimum Gasteiger partial charge on any atom is -0.493 e. The average molecular weight is 327 g/mol. The van der Waals surface area contributed by atoms with E-state index in [9.17, 15) is 13.2 Å². The zero-order chi connectivity index (χ0) is 17.0. The minimum absolute atomic E-state index is 0.291. The first-order valence-corrected chi connectivity index (χ1v) is 6.67. The van der Waals surface area contributed by atoms with Gasteiger partial charge in [0.1, 0.15) is 5.75 Å².